The van der Waals surface area contributed by atoms with E-state index in [1.807, 2.05) is 0 Å². The monoisotopic (exact) mass is 460 g/mol. The average molecular weight is 461 g/mol. The molecule has 2 N–H and O–H groups in total. The summed E-state index contributed by atoms with van der Waals surface area (Å²) in [4.78, 5) is 44.1. The number of hydrogen-bond acceptors (Lipinski definition) is 6. The van der Waals surface area contributed by atoms with Gasteiger partial charge in [-0.2, -0.15) is 5.10 Å². The standard InChI is InChI=1S/C21H25ClN6O4/c22-15-2-3-17-16(11-15)20(30)24-5-1-7-27(12-19(29)23-6-9-32-17)21(31)14-4-8-28-18(10-14)25-13-26-28/h2-3,11,13-14H,1,4-10,12H2,(H,23,29)(H,24,30). The number of aromatic nitrogens is 3. The Balaban J connectivity index is 1.44. The number of carbonyl (C=O) groups excluding carboxylic acids is 3. The molecule has 2 aliphatic rings. The Morgan fingerprint density at radius 1 is 1.19 bits per heavy atom. The predicted octanol–water partition coefficient (Wildman–Crippen LogP) is 0.651. The van der Waals surface area contributed by atoms with E-state index in [2.05, 4.69) is 20.7 Å². The summed E-state index contributed by atoms with van der Waals surface area (Å²) < 4.78 is 7.48. The van der Waals surface area contributed by atoms with Crippen LogP contribution in [0.5, 0.6) is 5.75 Å². The van der Waals surface area contributed by atoms with Crippen molar-refractivity contribution in [3.63, 3.8) is 0 Å². The lowest BCUT2D eigenvalue weighted by Crippen LogP contribution is -2.46. The van der Waals surface area contributed by atoms with Gasteiger partial charge in [0.05, 0.1) is 18.7 Å². The van der Waals surface area contributed by atoms with Crippen molar-refractivity contribution in [2.24, 2.45) is 5.92 Å². The van der Waals surface area contributed by atoms with Crippen LogP contribution >= 0.6 is 11.6 Å². The fraction of sp³-hybridized carbons (Fsp3) is 0.476. The number of amides is 3. The van der Waals surface area contributed by atoms with Crippen LogP contribution < -0.4 is 15.4 Å². The molecule has 0 saturated carbocycles. The SMILES string of the molecule is O=C1CN(C(=O)C2CCn3ncnc3C2)CCCNC(=O)c2cc(Cl)ccc2OCCN1. The van der Waals surface area contributed by atoms with Crippen molar-refractivity contribution in [3.05, 3.63) is 40.9 Å². The first-order chi connectivity index (χ1) is 15.5. The van der Waals surface area contributed by atoms with Crippen molar-refractivity contribution in [1.82, 2.24) is 30.3 Å². The molecule has 4 rings (SSSR count). The van der Waals surface area contributed by atoms with E-state index in [0.717, 1.165) is 5.82 Å². The predicted molar refractivity (Wildman–Crippen MR) is 115 cm³/mol. The van der Waals surface area contributed by atoms with Gasteiger partial charge >= 0.3 is 0 Å². The number of fused-ring (bicyclic) bond motifs is 2. The third-order valence-electron chi connectivity index (χ3n) is 5.57. The summed E-state index contributed by atoms with van der Waals surface area (Å²) in [5, 5.41) is 10.2. The highest BCUT2D eigenvalue weighted by Gasteiger charge is 2.30. The Morgan fingerprint density at radius 2 is 2.06 bits per heavy atom. The highest BCUT2D eigenvalue weighted by molar-refractivity contribution is 6.31. The van der Waals surface area contributed by atoms with Gasteiger partial charge in [-0.25, -0.2) is 4.98 Å². The number of benzene rings is 1. The number of rotatable bonds is 1. The zero-order valence-corrected chi connectivity index (χ0v) is 18.3. The maximum Gasteiger partial charge on any atom is 0.255 e. The molecule has 32 heavy (non-hydrogen) atoms. The van der Waals surface area contributed by atoms with Gasteiger partial charge in [0.15, 0.2) is 0 Å². The molecule has 0 radical (unpaired) electrons. The first-order valence-electron chi connectivity index (χ1n) is 10.6. The van der Waals surface area contributed by atoms with Gasteiger partial charge < -0.3 is 20.3 Å². The van der Waals surface area contributed by atoms with Crippen molar-refractivity contribution >= 4 is 29.3 Å². The maximum atomic E-state index is 13.2. The minimum Gasteiger partial charge on any atom is -0.491 e. The van der Waals surface area contributed by atoms with Crippen molar-refractivity contribution in [1.29, 1.82) is 0 Å². The molecule has 11 heteroatoms. The number of halogens is 1. The minimum absolute atomic E-state index is 0.0395. The topological polar surface area (TPSA) is 118 Å². The molecular formula is C21H25ClN6O4. The van der Waals surface area contributed by atoms with Crippen LogP contribution in [0.15, 0.2) is 24.5 Å². The first-order valence-corrected chi connectivity index (χ1v) is 11.0. The van der Waals surface area contributed by atoms with E-state index in [0.29, 0.717) is 55.2 Å². The van der Waals surface area contributed by atoms with E-state index >= 15 is 0 Å². The van der Waals surface area contributed by atoms with E-state index in [9.17, 15) is 14.4 Å². The lowest BCUT2D eigenvalue weighted by atomic mass is 9.96. The van der Waals surface area contributed by atoms with Gasteiger partial charge in [0.1, 0.15) is 24.5 Å². The number of hydrogen-bond donors (Lipinski definition) is 2. The van der Waals surface area contributed by atoms with Gasteiger partial charge in [0, 0.05) is 37.0 Å². The molecule has 1 unspecified atom stereocenters. The fourth-order valence-electron chi connectivity index (χ4n) is 3.92. The summed E-state index contributed by atoms with van der Waals surface area (Å²) in [6.07, 6.45) is 3.15. The summed E-state index contributed by atoms with van der Waals surface area (Å²) in [6, 6.07) is 4.83. The number of aryl methyl sites for hydroxylation is 1. The second-order valence-electron chi connectivity index (χ2n) is 7.80. The van der Waals surface area contributed by atoms with Crippen molar-refractivity contribution in [2.75, 3.05) is 32.8 Å². The lowest BCUT2D eigenvalue weighted by Gasteiger charge is -2.29. The van der Waals surface area contributed by atoms with E-state index in [4.69, 9.17) is 16.3 Å². The average Bonchev–Trinajstić information content (AvgIpc) is 3.26. The highest BCUT2D eigenvalue weighted by Crippen LogP contribution is 2.23. The Morgan fingerprint density at radius 3 is 2.94 bits per heavy atom. The molecule has 3 heterocycles. The Bertz CT molecular complexity index is 1010. The van der Waals surface area contributed by atoms with Crippen molar-refractivity contribution in [3.8, 4) is 5.75 Å². The molecule has 0 bridgehead atoms. The molecular weight excluding hydrogens is 436 g/mol. The number of nitrogens with zero attached hydrogens (tertiary/aromatic N) is 4. The third-order valence-corrected chi connectivity index (χ3v) is 5.80. The van der Waals surface area contributed by atoms with Crippen LogP contribution in [-0.4, -0.2) is 70.2 Å². The summed E-state index contributed by atoms with van der Waals surface area (Å²) in [5.74, 6) is 0.306. The molecule has 0 fully saturated rings. The van der Waals surface area contributed by atoms with Crippen LogP contribution in [0.3, 0.4) is 0 Å². The van der Waals surface area contributed by atoms with Gasteiger partial charge in [0.25, 0.3) is 5.91 Å². The van der Waals surface area contributed by atoms with Gasteiger partial charge in [-0.15, -0.1) is 0 Å². The van der Waals surface area contributed by atoms with Crippen LogP contribution in [0.25, 0.3) is 0 Å². The Labute approximate surface area is 190 Å². The Kier molecular flexibility index (Phi) is 6.89. The lowest BCUT2D eigenvalue weighted by molar-refractivity contribution is -0.140. The van der Waals surface area contributed by atoms with E-state index in [-0.39, 0.29) is 43.3 Å². The molecule has 0 saturated heterocycles. The molecule has 3 amide bonds. The van der Waals surface area contributed by atoms with Gasteiger partial charge in [-0.05, 0) is 31.0 Å². The summed E-state index contributed by atoms with van der Waals surface area (Å²) in [6.45, 7) is 1.71. The van der Waals surface area contributed by atoms with Crippen LogP contribution in [0.1, 0.15) is 29.0 Å². The molecule has 170 valence electrons. The Hall–Kier alpha value is -3.14. The molecule has 1 atom stereocenters. The van der Waals surface area contributed by atoms with E-state index < -0.39 is 0 Å². The van der Waals surface area contributed by atoms with E-state index in [1.54, 1.807) is 27.8 Å². The molecule has 1 aromatic heterocycles. The zero-order valence-electron chi connectivity index (χ0n) is 17.6. The second kappa shape index (κ2) is 9.99. The molecule has 2 aromatic rings. The largest absolute Gasteiger partial charge is 0.491 e. The molecule has 0 aliphatic carbocycles. The highest BCUT2D eigenvalue weighted by atomic mass is 35.5. The summed E-state index contributed by atoms with van der Waals surface area (Å²) >= 11 is 6.04. The van der Waals surface area contributed by atoms with Crippen LogP contribution in [0, 0.1) is 5.92 Å². The fourth-order valence-corrected chi connectivity index (χ4v) is 4.10. The van der Waals surface area contributed by atoms with Crippen molar-refractivity contribution in [2.45, 2.75) is 25.8 Å². The number of carbonyl (C=O) groups is 3. The summed E-state index contributed by atoms with van der Waals surface area (Å²) in [5.41, 5.74) is 0.333. The van der Waals surface area contributed by atoms with Crippen LogP contribution in [-0.2, 0) is 22.6 Å². The second-order valence-corrected chi connectivity index (χ2v) is 8.23. The first kappa shape index (κ1) is 22.1. The quantitative estimate of drug-likeness (QED) is 0.645. The van der Waals surface area contributed by atoms with Gasteiger partial charge in [-0.3, -0.25) is 19.1 Å². The normalized spacial score (nSPS) is 20.2. The van der Waals surface area contributed by atoms with Crippen molar-refractivity contribution < 1.29 is 19.1 Å². The number of ether oxygens (including phenoxy) is 1. The van der Waals surface area contributed by atoms with Crippen LogP contribution in [0.2, 0.25) is 5.02 Å². The van der Waals surface area contributed by atoms with E-state index in [1.165, 1.54) is 6.33 Å². The third kappa shape index (κ3) is 5.18. The minimum atomic E-state index is -0.298. The molecule has 0 spiro atoms. The summed E-state index contributed by atoms with van der Waals surface area (Å²) in [7, 11) is 0. The smallest absolute Gasteiger partial charge is 0.255 e. The number of nitrogens with one attached hydrogen (secondary N) is 2. The zero-order chi connectivity index (χ0) is 22.5. The molecule has 1 aromatic carbocycles. The molecule has 2 aliphatic heterocycles. The van der Waals surface area contributed by atoms with Crippen LogP contribution in [0.4, 0.5) is 0 Å². The van der Waals surface area contributed by atoms with Gasteiger partial charge in [0.2, 0.25) is 11.8 Å². The molecule has 10 nitrogen and oxygen atoms in total. The maximum absolute atomic E-state index is 13.2. The van der Waals surface area contributed by atoms with Gasteiger partial charge in [-0.1, -0.05) is 11.6 Å².